The molecular formula is C12H19F3N2O2. The molecule has 1 saturated heterocycles. The van der Waals surface area contributed by atoms with Gasteiger partial charge in [0.05, 0.1) is 0 Å². The largest absolute Gasteiger partial charge is 0.471 e. The van der Waals surface area contributed by atoms with Crippen LogP contribution < -0.4 is 0 Å². The highest BCUT2D eigenvalue weighted by Crippen LogP contribution is 2.26. The molecule has 1 aliphatic rings. The number of unbranched alkanes of at least 4 members (excludes halogenated alkanes) is 1. The lowest BCUT2D eigenvalue weighted by atomic mass is 10.2. The van der Waals surface area contributed by atoms with E-state index in [0.717, 1.165) is 12.8 Å². The molecule has 7 heteroatoms. The standard InChI is InChI=1S/C12H19F3N2O2/c1-3-4-7-16(2)10(18)9-6-5-8-17(9)11(19)12(13,14)15/h9H,3-8H2,1-2H3. The van der Waals surface area contributed by atoms with Crippen LogP contribution >= 0.6 is 0 Å². The lowest BCUT2D eigenvalue weighted by Gasteiger charge is -2.28. The van der Waals surface area contributed by atoms with Crippen molar-refractivity contribution in [3.63, 3.8) is 0 Å². The zero-order chi connectivity index (χ0) is 14.6. The summed E-state index contributed by atoms with van der Waals surface area (Å²) >= 11 is 0. The van der Waals surface area contributed by atoms with E-state index in [1.807, 2.05) is 6.92 Å². The first-order valence-corrected chi connectivity index (χ1v) is 6.41. The average Bonchev–Trinajstić information content (AvgIpc) is 2.81. The first-order chi connectivity index (χ1) is 8.79. The number of rotatable bonds is 4. The van der Waals surface area contributed by atoms with E-state index in [2.05, 4.69) is 0 Å². The van der Waals surface area contributed by atoms with Crippen LogP contribution in [0.5, 0.6) is 0 Å². The Labute approximate surface area is 110 Å². The van der Waals surface area contributed by atoms with Crippen molar-refractivity contribution in [1.82, 2.24) is 9.80 Å². The van der Waals surface area contributed by atoms with Gasteiger partial charge in [0, 0.05) is 20.1 Å². The van der Waals surface area contributed by atoms with Crippen LogP contribution in [0.1, 0.15) is 32.6 Å². The van der Waals surface area contributed by atoms with Gasteiger partial charge in [0.2, 0.25) is 5.91 Å². The lowest BCUT2D eigenvalue weighted by molar-refractivity contribution is -0.187. The van der Waals surface area contributed by atoms with Crippen molar-refractivity contribution in [2.24, 2.45) is 0 Å². The van der Waals surface area contributed by atoms with Gasteiger partial charge in [-0.2, -0.15) is 13.2 Å². The van der Waals surface area contributed by atoms with Crippen LogP contribution in [0.4, 0.5) is 13.2 Å². The summed E-state index contributed by atoms with van der Waals surface area (Å²) < 4.78 is 37.3. The summed E-state index contributed by atoms with van der Waals surface area (Å²) in [6.07, 6.45) is -2.49. The van der Waals surface area contributed by atoms with Gasteiger partial charge < -0.3 is 9.80 Å². The number of nitrogens with zero attached hydrogens (tertiary/aromatic N) is 2. The molecule has 0 aromatic carbocycles. The molecule has 0 spiro atoms. The zero-order valence-electron chi connectivity index (χ0n) is 11.2. The first-order valence-electron chi connectivity index (χ1n) is 6.41. The molecule has 1 unspecified atom stereocenters. The highest BCUT2D eigenvalue weighted by atomic mass is 19.4. The molecule has 0 N–H and O–H groups in total. The molecule has 0 radical (unpaired) electrons. The molecule has 1 fully saturated rings. The normalized spacial score (nSPS) is 19.6. The molecule has 110 valence electrons. The Hall–Kier alpha value is -1.27. The molecule has 0 aromatic rings. The first kappa shape index (κ1) is 15.8. The van der Waals surface area contributed by atoms with Gasteiger partial charge >= 0.3 is 12.1 Å². The lowest BCUT2D eigenvalue weighted by Crippen LogP contribution is -2.50. The molecule has 0 saturated carbocycles. The van der Waals surface area contributed by atoms with Crippen molar-refractivity contribution in [2.75, 3.05) is 20.1 Å². The molecule has 0 aliphatic carbocycles. The Morgan fingerprint density at radius 2 is 2.00 bits per heavy atom. The summed E-state index contributed by atoms with van der Waals surface area (Å²) in [5.41, 5.74) is 0. The maximum atomic E-state index is 12.4. The molecule has 1 atom stereocenters. The summed E-state index contributed by atoms with van der Waals surface area (Å²) in [5, 5.41) is 0. The fraction of sp³-hybridized carbons (Fsp3) is 0.833. The number of likely N-dealkylation sites (tertiary alicyclic amines) is 1. The van der Waals surface area contributed by atoms with Crippen molar-refractivity contribution < 1.29 is 22.8 Å². The summed E-state index contributed by atoms with van der Waals surface area (Å²) in [7, 11) is 1.56. The SMILES string of the molecule is CCCCN(C)C(=O)C1CCCN1C(=O)C(F)(F)F. The zero-order valence-corrected chi connectivity index (χ0v) is 11.2. The van der Waals surface area contributed by atoms with Crippen molar-refractivity contribution in [3.05, 3.63) is 0 Å². The van der Waals surface area contributed by atoms with E-state index in [1.54, 1.807) is 7.05 Å². The van der Waals surface area contributed by atoms with Gasteiger partial charge in [-0.05, 0) is 19.3 Å². The molecule has 1 heterocycles. The second kappa shape index (κ2) is 6.25. The van der Waals surface area contributed by atoms with Crippen LogP contribution in [0.2, 0.25) is 0 Å². The van der Waals surface area contributed by atoms with E-state index in [1.165, 1.54) is 4.90 Å². The van der Waals surface area contributed by atoms with Gasteiger partial charge in [0.25, 0.3) is 0 Å². The van der Waals surface area contributed by atoms with Crippen LogP contribution in [0, 0.1) is 0 Å². The minimum absolute atomic E-state index is 0.00360. The monoisotopic (exact) mass is 280 g/mol. The number of hydrogen-bond acceptors (Lipinski definition) is 2. The van der Waals surface area contributed by atoms with E-state index in [0.29, 0.717) is 24.3 Å². The van der Waals surface area contributed by atoms with Crippen LogP contribution in [0.25, 0.3) is 0 Å². The predicted octanol–water partition coefficient (Wildman–Crippen LogP) is 1.80. The Kier molecular flexibility index (Phi) is 5.20. The molecule has 2 amide bonds. The molecule has 0 aromatic heterocycles. The topological polar surface area (TPSA) is 40.6 Å². The summed E-state index contributed by atoms with van der Waals surface area (Å²) in [4.78, 5) is 25.4. The Morgan fingerprint density at radius 1 is 1.37 bits per heavy atom. The molecule has 1 rings (SSSR count). The smallest absolute Gasteiger partial charge is 0.344 e. The van der Waals surface area contributed by atoms with Gasteiger partial charge in [-0.1, -0.05) is 13.3 Å². The molecular weight excluding hydrogens is 261 g/mol. The van der Waals surface area contributed by atoms with E-state index in [9.17, 15) is 22.8 Å². The summed E-state index contributed by atoms with van der Waals surface area (Å²) in [6, 6.07) is -0.962. The number of hydrogen-bond donors (Lipinski definition) is 0. The highest BCUT2D eigenvalue weighted by molar-refractivity contribution is 5.90. The second-order valence-electron chi connectivity index (χ2n) is 4.77. The average molecular weight is 280 g/mol. The van der Waals surface area contributed by atoms with Crippen LogP contribution in [0.3, 0.4) is 0 Å². The highest BCUT2D eigenvalue weighted by Gasteiger charge is 2.48. The Morgan fingerprint density at radius 3 is 2.53 bits per heavy atom. The minimum atomic E-state index is -4.91. The summed E-state index contributed by atoms with van der Waals surface area (Å²) in [6.45, 7) is 2.46. The van der Waals surface area contributed by atoms with Crippen molar-refractivity contribution >= 4 is 11.8 Å². The maximum Gasteiger partial charge on any atom is 0.471 e. The van der Waals surface area contributed by atoms with Crippen molar-refractivity contribution in [1.29, 1.82) is 0 Å². The second-order valence-corrected chi connectivity index (χ2v) is 4.77. The molecule has 1 aliphatic heterocycles. The number of carbonyl (C=O) groups excluding carboxylic acids is 2. The number of likely N-dealkylation sites (N-methyl/N-ethyl adjacent to an activating group) is 1. The Bertz CT molecular complexity index is 344. The number of alkyl halides is 3. The maximum absolute atomic E-state index is 12.4. The van der Waals surface area contributed by atoms with Gasteiger partial charge in [-0.15, -0.1) is 0 Å². The van der Waals surface area contributed by atoms with E-state index < -0.39 is 24.0 Å². The van der Waals surface area contributed by atoms with E-state index in [-0.39, 0.29) is 6.54 Å². The van der Waals surface area contributed by atoms with Gasteiger partial charge in [-0.25, -0.2) is 0 Å². The van der Waals surface area contributed by atoms with Crippen LogP contribution in [0.15, 0.2) is 0 Å². The third kappa shape index (κ3) is 3.84. The van der Waals surface area contributed by atoms with Gasteiger partial charge in [-0.3, -0.25) is 9.59 Å². The third-order valence-electron chi connectivity index (χ3n) is 3.26. The van der Waals surface area contributed by atoms with Crippen LogP contribution in [-0.4, -0.2) is 54.0 Å². The minimum Gasteiger partial charge on any atom is -0.344 e. The number of halogens is 3. The number of carbonyl (C=O) groups is 2. The third-order valence-corrected chi connectivity index (χ3v) is 3.26. The fourth-order valence-corrected chi connectivity index (χ4v) is 2.19. The van der Waals surface area contributed by atoms with E-state index >= 15 is 0 Å². The van der Waals surface area contributed by atoms with Crippen LogP contribution in [-0.2, 0) is 9.59 Å². The summed E-state index contributed by atoms with van der Waals surface area (Å²) in [5.74, 6) is -2.31. The Balaban J connectivity index is 2.71. The quantitative estimate of drug-likeness (QED) is 0.788. The van der Waals surface area contributed by atoms with Crippen molar-refractivity contribution in [3.8, 4) is 0 Å². The van der Waals surface area contributed by atoms with Gasteiger partial charge in [0.1, 0.15) is 6.04 Å². The van der Waals surface area contributed by atoms with Crippen molar-refractivity contribution in [2.45, 2.75) is 44.8 Å². The predicted molar refractivity (Wildman–Crippen MR) is 63.3 cm³/mol. The fourth-order valence-electron chi connectivity index (χ4n) is 2.19. The molecule has 4 nitrogen and oxygen atoms in total. The van der Waals surface area contributed by atoms with Gasteiger partial charge in [0.15, 0.2) is 0 Å². The van der Waals surface area contributed by atoms with E-state index in [4.69, 9.17) is 0 Å². The molecule has 19 heavy (non-hydrogen) atoms. The molecule has 0 bridgehead atoms. The number of amides is 2.